The first kappa shape index (κ1) is 20.5. The van der Waals surface area contributed by atoms with Gasteiger partial charge in [-0.05, 0) is 98.9 Å². The summed E-state index contributed by atoms with van der Waals surface area (Å²) in [5.74, 6) is 2.48. The molecule has 2 nitrogen and oxygen atoms in total. The summed E-state index contributed by atoms with van der Waals surface area (Å²) >= 11 is 0. The Balaban J connectivity index is 1.50. The molecule has 162 valence electrons. The van der Waals surface area contributed by atoms with Crippen molar-refractivity contribution in [1.82, 2.24) is 0 Å². The molecule has 0 radical (unpaired) electrons. The van der Waals surface area contributed by atoms with Gasteiger partial charge in [-0.25, -0.2) is 0 Å². The smallest absolute Gasteiger partial charge is 0.136 e. The van der Waals surface area contributed by atoms with E-state index in [1.165, 1.54) is 30.4 Å². The zero-order valence-corrected chi connectivity index (χ0v) is 19.0. The normalized spacial score (nSPS) is 45.1. The molecule has 7 atom stereocenters. The number of aliphatic hydroxyl groups is 1. The lowest BCUT2D eigenvalue weighted by molar-refractivity contribution is -0.140. The van der Waals surface area contributed by atoms with Crippen LogP contribution >= 0.6 is 0 Å². The van der Waals surface area contributed by atoms with Crippen LogP contribution < -0.4 is 0 Å². The van der Waals surface area contributed by atoms with E-state index < -0.39 is 0 Å². The number of ketones is 1. The molecule has 0 bridgehead atoms. The highest BCUT2D eigenvalue weighted by Gasteiger charge is 2.65. The molecule has 0 aromatic heterocycles. The van der Waals surface area contributed by atoms with Crippen molar-refractivity contribution in [3.05, 3.63) is 47.5 Å². The van der Waals surface area contributed by atoms with Gasteiger partial charge in [0.25, 0.3) is 0 Å². The maximum absolute atomic E-state index is 13.3. The lowest BCUT2D eigenvalue weighted by Gasteiger charge is -2.59. The quantitative estimate of drug-likeness (QED) is 0.613. The highest BCUT2D eigenvalue weighted by atomic mass is 16.3. The standard InChI is InChI=1S/C28H38O2/c1-19(29)28(18-20-7-5-4-6-8-20)16-13-25-23-10-9-21-17-22(30)11-14-26(21,2)24(23)12-15-27(25,28)3/h4-9,22-25,30H,10-18H2,1-3H3/t22?,23?,24?,25?,26-,27?,28?/m0/s1. The summed E-state index contributed by atoms with van der Waals surface area (Å²) in [7, 11) is 0. The number of rotatable bonds is 3. The Morgan fingerprint density at radius 2 is 1.77 bits per heavy atom. The number of hydrogen-bond acceptors (Lipinski definition) is 2. The summed E-state index contributed by atoms with van der Waals surface area (Å²) < 4.78 is 0. The lowest BCUT2D eigenvalue weighted by atomic mass is 9.45. The second-order valence-electron chi connectivity index (χ2n) is 11.5. The van der Waals surface area contributed by atoms with E-state index in [1.54, 1.807) is 0 Å². The fraction of sp³-hybridized carbons (Fsp3) is 0.679. The second-order valence-corrected chi connectivity index (χ2v) is 11.5. The lowest BCUT2D eigenvalue weighted by Crippen LogP contribution is -2.54. The average Bonchev–Trinajstić information content (AvgIpc) is 3.03. The molecule has 0 spiro atoms. The first-order valence-electron chi connectivity index (χ1n) is 12.2. The minimum absolute atomic E-state index is 0.103. The molecule has 4 aliphatic rings. The Morgan fingerprint density at radius 3 is 2.50 bits per heavy atom. The Labute approximate surface area is 182 Å². The highest BCUT2D eigenvalue weighted by Crippen LogP contribution is 2.70. The van der Waals surface area contributed by atoms with Gasteiger partial charge in [0, 0.05) is 5.41 Å². The molecule has 30 heavy (non-hydrogen) atoms. The van der Waals surface area contributed by atoms with Crippen molar-refractivity contribution in [1.29, 1.82) is 0 Å². The van der Waals surface area contributed by atoms with Gasteiger partial charge in [0.05, 0.1) is 6.10 Å². The molecule has 0 amide bonds. The van der Waals surface area contributed by atoms with E-state index >= 15 is 0 Å². The Bertz CT molecular complexity index is 857. The van der Waals surface area contributed by atoms with Crippen LogP contribution in [0.25, 0.3) is 0 Å². The zero-order chi connectivity index (χ0) is 21.1. The molecule has 2 heteroatoms. The number of aliphatic hydroxyl groups excluding tert-OH is 1. The van der Waals surface area contributed by atoms with Crippen LogP contribution in [0.4, 0.5) is 0 Å². The van der Waals surface area contributed by atoms with Crippen molar-refractivity contribution in [2.45, 2.75) is 84.7 Å². The van der Waals surface area contributed by atoms with Gasteiger partial charge in [-0.15, -0.1) is 0 Å². The Kier molecular flexibility index (Phi) is 4.82. The summed E-state index contributed by atoms with van der Waals surface area (Å²) in [5, 5.41) is 10.2. The number of Topliss-reactive ketones (excluding diaryl/α,β-unsaturated/α-hetero) is 1. The van der Waals surface area contributed by atoms with Crippen LogP contribution in [0.3, 0.4) is 0 Å². The van der Waals surface area contributed by atoms with Crippen molar-refractivity contribution >= 4 is 5.78 Å². The van der Waals surface area contributed by atoms with Crippen LogP contribution in [0.2, 0.25) is 0 Å². The summed E-state index contributed by atoms with van der Waals surface area (Å²) in [6.45, 7) is 6.82. The molecule has 3 fully saturated rings. The van der Waals surface area contributed by atoms with Gasteiger partial charge in [-0.3, -0.25) is 4.79 Å². The van der Waals surface area contributed by atoms with Crippen LogP contribution in [-0.2, 0) is 11.2 Å². The monoisotopic (exact) mass is 406 g/mol. The van der Waals surface area contributed by atoms with Crippen molar-refractivity contribution in [3.8, 4) is 0 Å². The van der Waals surface area contributed by atoms with Crippen LogP contribution in [0.1, 0.15) is 77.7 Å². The molecule has 5 rings (SSSR count). The van der Waals surface area contributed by atoms with Crippen molar-refractivity contribution in [2.75, 3.05) is 0 Å². The topological polar surface area (TPSA) is 37.3 Å². The summed E-state index contributed by atoms with van der Waals surface area (Å²) in [5.41, 5.74) is 3.01. The fourth-order valence-corrected chi connectivity index (χ4v) is 8.71. The molecule has 1 N–H and O–H groups in total. The molecule has 3 saturated carbocycles. The maximum atomic E-state index is 13.3. The van der Waals surface area contributed by atoms with E-state index in [1.807, 2.05) is 6.92 Å². The Hall–Kier alpha value is -1.41. The summed E-state index contributed by atoms with van der Waals surface area (Å²) in [6.07, 6.45) is 12.0. The van der Waals surface area contributed by atoms with E-state index in [0.717, 1.165) is 44.4 Å². The molecular weight excluding hydrogens is 368 g/mol. The molecule has 4 aliphatic carbocycles. The number of allylic oxidation sites excluding steroid dienone is 1. The van der Waals surface area contributed by atoms with Crippen molar-refractivity contribution in [3.63, 3.8) is 0 Å². The van der Waals surface area contributed by atoms with Crippen molar-refractivity contribution in [2.24, 2.45) is 34.0 Å². The van der Waals surface area contributed by atoms with Gasteiger partial charge in [-0.2, -0.15) is 0 Å². The third kappa shape index (κ3) is 2.75. The van der Waals surface area contributed by atoms with Crippen molar-refractivity contribution < 1.29 is 9.90 Å². The van der Waals surface area contributed by atoms with Gasteiger partial charge < -0.3 is 5.11 Å². The summed E-state index contributed by atoms with van der Waals surface area (Å²) in [6, 6.07) is 10.7. The van der Waals surface area contributed by atoms with Crippen LogP contribution in [0.5, 0.6) is 0 Å². The minimum atomic E-state index is -0.211. The van der Waals surface area contributed by atoms with E-state index in [9.17, 15) is 9.90 Å². The van der Waals surface area contributed by atoms with Gasteiger partial charge in [0.1, 0.15) is 5.78 Å². The van der Waals surface area contributed by atoms with Crippen LogP contribution in [0, 0.1) is 34.0 Å². The number of hydrogen-bond donors (Lipinski definition) is 1. The fourth-order valence-electron chi connectivity index (χ4n) is 8.71. The molecule has 1 aromatic rings. The third-order valence-corrected chi connectivity index (χ3v) is 10.5. The van der Waals surface area contributed by atoms with E-state index in [4.69, 9.17) is 0 Å². The zero-order valence-electron chi connectivity index (χ0n) is 19.0. The maximum Gasteiger partial charge on any atom is 0.136 e. The van der Waals surface area contributed by atoms with E-state index in [2.05, 4.69) is 50.3 Å². The molecule has 0 heterocycles. The van der Waals surface area contributed by atoms with E-state index in [0.29, 0.717) is 17.6 Å². The molecule has 6 unspecified atom stereocenters. The number of benzene rings is 1. The predicted molar refractivity (Wildman–Crippen MR) is 121 cm³/mol. The number of carbonyl (C=O) groups is 1. The predicted octanol–water partition coefficient (Wildman–Crippen LogP) is 6.13. The van der Waals surface area contributed by atoms with Crippen LogP contribution in [0.15, 0.2) is 42.0 Å². The minimum Gasteiger partial charge on any atom is -0.393 e. The highest BCUT2D eigenvalue weighted by molar-refractivity contribution is 5.84. The molecule has 1 aromatic carbocycles. The molecule has 0 aliphatic heterocycles. The van der Waals surface area contributed by atoms with Gasteiger partial charge in [0.15, 0.2) is 0 Å². The third-order valence-electron chi connectivity index (χ3n) is 10.5. The first-order chi connectivity index (χ1) is 14.3. The van der Waals surface area contributed by atoms with Gasteiger partial charge in [0.2, 0.25) is 0 Å². The summed E-state index contributed by atoms with van der Waals surface area (Å²) in [4.78, 5) is 13.3. The number of carbonyl (C=O) groups excluding carboxylic acids is 1. The SMILES string of the molecule is CC(=O)C1(Cc2ccccc2)CCC2C3CC=C4CC(O)CC[C@]4(C)C3CCC21C. The number of fused-ring (bicyclic) bond motifs is 5. The molecular formula is C28H38O2. The van der Waals surface area contributed by atoms with Gasteiger partial charge >= 0.3 is 0 Å². The largest absolute Gasteiger partial charge is 0.393 e. The second kappa shape index (κ2) is 7.05. The Morgan fingerprint density at radius 1 is 1.03 bits per heavy atom. The van der Waals surface area contributed by atoms with E-state index in [-0.39, 0.29) is 22.3 Å². The first-order valence-corrected chi connectivity index (χ1v) is 12.2. The van der Waals surface area contributed by atoms with Crippen LogP contribution in [-0.4, -0.2) is 17.0 Å². The average molecular weight is 407 g/mol. The van der Waals surface area contributed by atoms with Gasteiger partial charge in [-0.1, -0.05) is 55.8 Å². The molecule has 0 saturated heterocycles.